The van der Waals surface area contributed by atoms with Gasteiger partial charge < -0.3 is 36.0 Å². The number of alkyl carbamates (subject to hydrolysis) is 1. The van der Waals surface area contributed by atoms with Crippen molar-refractivity contribution in [1.82, 2.24) is 16.0 Å². The number of carboxylic acids is 1. The van der Waals surface area contributed by atoms with Gasteiger partial charge in [0.05, 0.1) is 24.7 Å². The van der Waals surface area contributed by atoms with Gasteiger partial charge in [-0.3, -0.25) is 14.4 Å². The number of aliphatic carboxylic acids is 1. The highest BCUT2D eigenvalue weighted by Crippen LogP contribution is 2.29. The number of carboxylic acid groups (broad SMARTS) is 1. The normalized spacial score (nSPS) is 17.0. The topological polar surface area (TPSA) is 174 Å². The number of aliphatic hydroxyl groups is 2. The van der Waals surface area contributed by atoms with Crippen molar-refractivity contribution in [3.63, 3.8) is 0 Å². The zero-order valence-corrected chi connectivity index (χ0v) is 24.4. The first-order valence-corrected chi connectivity index (χ1v) is 14.5. The van der Waals surface area contributed by atoms with Crippen LogP contribution in [0.5, 0.6) is 0 Å². The van der Waals surface area contributed by atoms with E-state index in [9.17, 15) is 29.4 Å². The smallest absolute Gasteiger partial charge is 0.408 e. The van der Waals surface area contributed by atoms with Gasteiger partial charge in [0.1, 0.15) is 11.6 Å². The lowest BCUT2D eigenvalue weighted by molar-refractivity contribution is -0.138. The van der Waals surface area contributed by atoms with Gasteiger partial charge in [0.2, 0.25) is 11.8 Å². The van der Waals surface area contributed by atoms with Gasteiger partial charge in [-0.1, -0.05) is 49.6 Å². The average molecular weight is 578 g/mol. The maximum Gasteiger partial charge on any atom is 0.408 e. The summed E-state index contributed by atoms with van der Waals surface area (Å²) in [6, 6.07) is 7.46. The molecule has 6 N–H and O–H groups in total. The Bertz CT molecular complexity index is 976. The molecular formula is C30H47N3O8. The number of ether oxygens (including phenoxy) is 1. The van der Waals surface area contributed by atoms with Gasteiger partial charge >= 0.3 is 12.1 Å². The molecule has 1 aromatic rings. The molecule has 0 saturated heterocycles. The maximum absolute atomic E-state index is 12.9. The minimum absolute atomic E-state index is 0.133. The quantitative estimate of drug-likeness (QED) is 0.173. The molecule has 0 radical (unpaired) electrons. The fourth-order valence-corrected chi connectivity index (χ4v) is 5.00. The summed E-state index contributed by atoms with van der Waals surface area (Å²) in [5.41, 5.74) is 0.315. The van der Waals surface area contributed by atoms with Crippen molar-refractivity contribution in [3.05, 3.63) is 35.9 Å². The molecule has 3 unspecified atom stereocenters. The summed E-state index contributed by atoms with van der Waals surface area (Å²) in [6.07, 6.45) is 1.34. The first-order valence-electron chi connectivity index (χ1n) is 14.5. The van der Waals surface area contributed by atoms with Crippen LogP contribution in [0.3, 0.4) is 0 Å². The highest BCUT2D eigenvalue weighted by molar-refractivity contribution is 5.88. The molecule has 0 bridgehead atoms. The number of hydrogen-bond donors (Lipinski definition) is 6. The van der Waals surface area contributed by atoms with Crippen LogP contribution in [0, 0.1) is 5.92 Å². The monoisotopic (exact) mass is 577 g/mol. The van der Waals surface area contributed by atoms with Crippen molar-refractivity contribution in [3.8, 4) is 0 Å². The van der Waals surface area contributed by atoms with Gasteiger partial charge in [-0.15, -0.1) is 0 Å². The SMILES string of the molecule is CC(C)(C)OC(=O)NC(C(O)CC(=O)N[C@@H](CCC(=O)O)C(=O)NCCCc1ccccc1)C(O)C1CCCCC1. The van der Waals surface area contributed by atoms with Crippen LogP contribution in [0.2, 0.25) is 0 Å². The number of rotatable bonds is 15. The van der Waals surface area contributed by atoms with E-state index in [0.717, 1.165) is 44.1 Å². The fourth-order valence-electron chi connectivity index (χ4n) is 5.00. The Kier molecular flexibility index (Phi) is 14.1. The molecule has 11 heteroatoms. The predicted molar refractivity (Wildman–Crippen MR) is 153 cm³/mol. The number of benzene rings is 1. The van der Waals surface area contributed by atoms with Crippen LogP contribution in [0.1, 0.15) is 84.1 Å². The van der Waals surface area contributed by atoms with E-state index in [-0.39, 0.29) is 18.8 Å². The molecule has 0 aliphatic heterocycles. The molecule has 2 rings (SSSR count). The summed E-state index contributed by atoms with van der Waals surface area (Å²) in [5, 5.41) is 39.0. The van der Waals surface area contributed by atoms with Gasteiger partial charge in [-0.2, -0.15) is 0 Å². The minimum atomic E-state index is -1.48. The fraction of sp³-hybridized carbons (Fsp3) is 0.667. The zero-order valence-electron chi connectivity index (χ0n) is 24.4. The molecule has 41 heavy (non-hydrogen) atoms. The molecule has 11 nitrogen and oxygen atoms in total. The third-order valence-electron chi connectivity index (χ3n) is 7.08. The lowest BCUT2D eigenvalue weighted by Gasteiger charge is -2.35. The first kappa shape index (κ1) is 34.0. The Balaban J connectivity index is 2.01. The van der Waals surface area contributed by atoms with Crippen LogP contribution < -0.4 is 16.0 Å². The standard InChI is InChI=1S/C30H47N3O8/c1-30(2,3)41-29(40)33-26(27(38)21-14-8-5-9-15-21)23(34)19-24(35)32-22(16-17-25(36)37)28(39)31-18-10-13-20-11-6-4-7-12-20/h4,6-7,11-12,21-23,26-27,34,38H,5,8-10,13-19H2,1-3H3,(H,31,39)(H,32,35)(H,33,40)(H,36,37)/t22-,23?,26?,27?/m0/s1. The number of amides is 3. The highest BCUT2D eigenvalue weighted by atomic mass is 16.6. The molecule has 1 aromatic carbocycles. The summed E-state index contributed by atoms with van der Waals surface area (Å²) in [5.74, 6) is -2.50. The van der Waals surface area contributed by atoms with Crippen LogP contribution in [0.25, 0.3) is 0 Å². The molecule has 230 valence electrons. The largest absolute Gasteiger partial charge is 0.481 e. The number of carbonyl (C=O) groups excluding carboxylic acids is 3. The second-order valence-corrected chi connectivity index (χ2v) is 11.8. The molecule has 0 heterocycles. The van der Waals surface area contributed by atoms with Gasteiger partial charge in [0.25, 0.3) is 0 Å². The van der Waals surface area contributed by atoms with Crippen LogP contribution in [0.4, 0.5) is 4.79 Å². The van der Waals surface area contributed by atoms with E-state index in [1.54, 1.807) is 20.8 Å². The highest BCUT2D eigenvalue weighted by Gasteiger charge is 2.37. The van der Waals surface area contributed by atoms with Gasteiger partial charge in [0, 0.05) is 13.0 Å². The van der Waals surface area contributed by atoms with Crippen molar-refractivity contribution in [1.29, 1.82) is 0 Å². The second kappa shape index (κ2) is 16.9. The van der Waals surface area contributed by atoms with E-state index in [4.69, 9.17) is 9.84 Å². The van der Waals surface area contributed by atoms with E-state index >= 15 is 0 Å². The Labute approximate surface area is 242 Å². The third-order valence-corrected chi connectivity index (χ3v) is 7.08. The Hall–Kier alpha value is -3.18. The molecule has 0 spiro atoms. The molecular weight excluding hydrogens is 530 g/mol. The van der Waals surface area contributed by atoms with Crippen molar-refractivity contribution in [2.45, 2.75) is 115 Å². The van der Waals surface area contributed by atoms with Gasteiger partial charge in [-0.05, 0) is 64.4 Å². The van der Waals surface area contributed by atoms with Crippen LogP contribution in [-0.4, -0.2) is 75.6 Å². The number of hydrogen-bond acceptors (Lipinski definition) is 7. The van der Waals surface area contributed by atoms with Crippen molar-refractivity contribution < 1.29 is 39.2 Å². The Morgan fingerprint density at radius 1 is 1.00 bits per heavy atom. The molecule has 4 atom stereocenters. The van der Waals surface area contributed by atoms with Crippen LogP contribution >= 0.6 is 0 Å². The van der Waals surface area contributed by atoms with E-state index in [2.05, 4.69) is 16.0 Å². The number of aryl methyl sites for hydroxylation is 1. The predicted octanol–water partition coefficient (Wildman–Crippen LogP) is 2.67. The average Bonchev–Trinajstić information content (AvgIpc) is 2.91. The van der Waals surface area contributed by atoms with Gasteiger partial charge in [0.15, 0.2) is 0 Å². The van der Waals surface area contributed by atoms with Gasteiger partial charge in [-0.25, -0.2) is 4.79 Å². The molecule has 1 saturated carbocycles. The number of nitrogens with one attached hydrogen (secondary N) is 3. The molecule has 1 aliphatic rings. The molecule has 0 aromatic heterocycles. The third kappa shape index (κ3) is 13.4. The van der Waals surface area contributed by atoms with E-state index in [1.165, 1.54) is 0 Å². The molecule has 3 amide bonds. The first-order chi connectivity index (χ1) is 19.4. The van der Waals surface area contributed by atoms with E-state index in [0.29, 0.717) is 13.0 Å². The lowest BCUT2D eigenvalue weighted by atomic mass is 9.81. The van der Waals surface area contributed by atoms with Crippen LogP contribution in [-0.2, 0) is 25.5 Å². The zero-order chi connectivity index (χ0) is 30.4. The van der Waals surface area contributed by atoms with E-state index in [1.807, 2.05) is 30.3 Å². The summed E-state index contributed by atoms with van der Waals surface area (Å²) < 4.78 is 5.30. The summed E-state index contributed by atoms with van der Waals surface area (Å²) >= 11 is 0. The van der Waals surface area contributed by atoms with Crippen molar-refractivity contribution in [2.75, 3.05) is 6.54 Å². The molecule has 1 fully saturated rings. The minimum Gasteiger partial charge on any atom is -0.481 e. The maximum atomic E-state index is 12.9. The Morgan fingerprint density at radius 3 is 2.27 bits per heavy atom. The van der Waals surface area contributed by atoms with Crippen molar-refractivity contribution in [2.24, 2.45) is 5.92 Å². The number of aliphatic hydroxyl groups excluding tert-OH is 2. The summed E-state index contributed by atoms with van der Waals surface area (Å²) in [7, 11) is 0. The number of carbonyl (C=O) groups is 4. The van der Waals surface area contributed by atoms with Crippen LogP contribution in [0.15, 0.2) is 30.3 Å². The Morgan fingerprint density at radius 2 is 1.66 bits per heavy atom. The van der Waals surface area contributed by atoms with Crippen molar-refractivity contribution >= 4 is 23.9 Å². The van der Waals surface area contributed by atoms with E-state index < -0.39 is 60.2 Å². The lowest BCUT2D eigenvalue weighted by Crippen LogP contribution is -2.56. The summed E-state index contributed by atoms with van der Waals surface area (Å²) in [6.45, 7) is 5.40. The molecule has 1 aliphatic carbocycles. The summed E-state index contributed by atoms with van der Waals surface area (Å²) in [4.78, 5) is 49.4. The second-order valence-electron chi connectivity index (χ2n) is 11.8.